The van der Waals surface area contributed by atoms with Crippen LogP contribution in [0.2, 0.25) is 5.02 Å². The van der Waals surface area contributed by atoms with Gasteiger partial charge in [0.1, 0.15) is 12.7 Å². The van der Waals surface area contributed by atoms with Crippen LogP contribution in [0.5, 0.6) is 0 Å². The van der Waals surface area contributed by atoms with E-state index in [1.165, 1.54) is 6.33 Å². The van der Waals surface area contributed by atoms with Gasteiger partial charge in [0.05, 0.1) is 22.5 Å². The van der Waals surface area contributed by atoms with Crippen molar-refractivity contribution in [2.24, 2.45) is 0 Å². The van der Waals surface area contributed by atoms with E-state index in [0.29, 0.717) is 22.0 Å². The van der Waals surface area contributed by atoms with Crippen molar-refractivity contribution in [1.29, 1.82) is 0 Å². The quantitative estimate of drug-likeness (QED) is 0.596. The number of hydrogen-bond acceptors (Lipinski definition) is 4. The van der Waals surface area contributed by atoms with Crippen LogP contribution in [0.4, 0.5) is 5.69 Å². The lowest BCUT2D eigenvalue weighted by Gasteiger charge is -2.10. The number of amides is 1. The molecule has 1 amide bonds. The van der Waals surface area contributed by atoms with Crippen molar-refractivity contribution in [2.75, 3.05) is 5.32 Å². The summed E-state index contributed by atoms with van der Waals surface area (Å²) in [6, 6.07) is 14.6. The lowest BCUT2D eigenvalue weighted by Crippen LogP contribution is -2.14. The van der Waals surface area contributed by atoms with E-state index in [9.17, 15) is 4.79 Å². The molecule has 0 aliphatic rings. The van der Waals surface area contributed by atoms with Crippen LogP contribution in [0.1, 0.15) is 16.1 Å². The van der Waals surface area contributed by atoms with Crippen LogP contribution in [0.15, 0.2) is 61.2 Å². The molecule has 2 heterocycles. The monoisotopic (exact) mass is 363 g/mol. The van der Waals surface area contributed by atoms with E-state index >= 15 is 0 Å². The first-order valence-corrected chi connectivity index (χ1v) is 8.31. The maximum atomic E-state index is 12.7. The number of anilines is 1. The molecule has 0 unspecified atom stereocenters. The summed E-state index contributed by atoms with van der Waals surface area (Å²) in [6.07, 6.45) is 3.08. The first-order valence-electron chi connectivity index (χ1n) is 7.93. The molecule has 0 spiro atoms. The van der Waals surface area contributed by atoms with E-state index in [0.717, 1.165) is 16.6 Å². The third-order valence-electron chi connectivity index (χ3n) is 4.02. The molecule has 0 fully saturated rings. The normalized spacial score (nSPS) is 10.8. The molecule has 4 rings (SSSR count). The van der Waals surface area contributed by atoms with Gasteiger partial charge < -0.3 is 5.32 Å². The number of carbonyl (C=O) groups is 1. The van der Waals surface area contributed by atoms with Crippen molar-refractivity contribution < 1.29 is 4.79 Å². The molecule has 1 N–H and O–H groups in total. The molecular formula is C19H14ClN5O. The van der Waals surface area contributed by atoms with Gasteiger partial charge in [-0.25, -0.2) is 9.67 Å². The average Bonchev–Trinajstić information content (AvgIpc) is 3.17. The highest BCUT2D eigenvalue weighted by Gasteiger charge is 2.12. The molecule has 0 aliphatic heterocycles. The number of aromatic nitrogens is 4. The number of fused-ring (bicyclic) bond motifs is 1. The third kappa shape index (κ3) is 3.14. The lowest BCUT2D eigenvalue weighted by molar-refractivity contribution is 0.102. The highest BCUT2D eigenvalue weighted by molar-refractivity contribution is 6.31. The minimum Gasteiger partial charge on any atom is -0.322 e. The largest absolute Gasteiger partial charge is 0.322 e. The zero-order valence-corrected chi connectivity index (χ0v) is 14.6. The molecule has 0 atom stereocenters. The molecule has 2 aromatic heterocycles. The number of rotatable bonds is 3. The Morgan fingerprint density at radius 2 is 1.92 bits per heavy atom. The van der Waals surface area contributed by atoms with Gasteiger partial charge in [0.15, 0.2) is 0 Å². The van der Waals surface area contributed by atoms with E-state index in [-0.39, 0.29) is 5.91 Å². The summed E-state index contributed by atoms with van der Waals surface area (Å²) in [4.78, 5) is 21.1. The fraction of sp³-hybridized carbons (Fsp3) is 0.0526. The molecule has 7 heteroatoms. The van der Waals surface area contributed by atoms with Gasteiger partial charge in [-0.1, -0.05) is 11.6 Å². The van der Waals surface area contributed by atoms with Crippen LogP contribution in [-0.4, -0.2) is 25.7 Å². The number of pyridine rings is 1. The summed E-state index contributed by atoms with van der Waals surface area (Å²) in [5.74, 6) is -0.217. The Balaban J connectivity index is 1.60. The first kappa shape index (κ1) is 16.2. The standard InChI is InChI=1S/C19H14ClN5O/c1-12-17(9-13-8-14(20)2-7-18(13)23-12)19(26)24-15-3-5-16(6-4-15)25-11-21-10-22-25/h2-11H,1H3,(H,24,26). The summed E-state index contributed by atoms with van der Waals surface area (Å²) in [6.45, 7) is 1.82. The molecule has 0 bridgehead atoms. The Bertz CT molecular complexity index is 1090. The minimum absolute atomic E-state index is 0.217. The molecular weight excluding hydrogens is 350 g/mol. The van der Waals surface area contributed by atoms with Crippen molar-refractivity contribution in [3.8, 4) is 5.69 Å². The Morgan fingerprint density at radius 1 is 1.12 bits per heavy atom. The van der Waals surface area contributed by atoms with Crippen molar-refractivity contribution in [1.82, 2.24) is 19.7 Å². The number of aryl methyl sites for hydroxylation is 1. The maximum Gasteiger partial charge on any atom is 0.257 e. The average molecular weight is 364 g/mol. The number of nitrogens with zero attached hydrogens (tertiary/aromatic N) is 4. The van der Waals surface area contributed by atoms with Crippen molar-refractivity contribution in [3.63, 3.8) is 0 Å². The van der Waals surface area contributed by atoms with Crippen LogP contribution in [-0.2, 0) is 0 Å². The topological polar surface area (TPSA) is 72.7 Å². The van der Waals surface area contributed by atoms with Gasteiger partial charge in [0.25, 0.3) is 5.91 Å². The van der Waals surface area contributed by atoms with Gasteiger partial charge in [-0.2, -0.15) is 5.10 Å². The lowest BCUT2D eigenvalue weighted by atomic mass is 10.1. The highest BCUT2D eigenvalue weighted by atomic mass is 35.5. The second-order valence-corrected chi connectivity index (χ2v) is 6.24. The third-order valence-corrected chi connectivity index (χ3v) is 4.26. The smallest absolute Gasteiger partial charge is 0.257 e. The van der Waals surface area contributed by atoms with E-state index < -0.39 is 0 Å². The van der Waals surface area contributed by atoms with Crippen molar-refractivity contribution in [3.05, 3.63) is 77.5 Å². The zero-order chi connectivity index (χ0) is 18.1. The zero-order valence-electron chi connectivity index (χ0n) is 13.8. The van der Waals surface area contributed by atoms with Crippen LogP contribution in [0, 0.1) is 6.92 Å². The fourth-order valence-electron chi connectivity index (χ4n) is 2.71. The van der Waals surface area contributed by atoms with Crippen molar-refractivity contribution in [2.45, 2.75) is 6.92 Å². The summed E-state index contributed by atoms with van der Waals surface area (Å²) in [5.41, 5.74) is 3.53. The SMILES string of the molecule is Cc1nc2ccc(Cl)cc2cc1C(=O)Nc1ccc(-n2cncn2)cc1. The first-order chi connectivity index (χ1) is 12.6. The fourth-order valence-corrected chi connectivity index (χ4v) is 2.89. The molecule has 4 aromatic rings. The van der Waals surface area contributed by atoms with Gasteiger partial charge >= 0.3 is 0 Å². The summed E-state index contributed by atoms with van der Waals surface area (Å²) in [5, 5.41) is 8.40. The molecule has 2 aromatic carbocycles. The Hall–Kier alpha value is -3.25. The summed E-state index contributed by atoms with van der Waals surface area (Å²) >= 11 is 6.04. The number of carbonyl (C=O) groups excluding carboxylic acids is 1. The minimum atomic E-state index is -0.217. The molecule has 0 radical (unpaired) electrons. The predicted molar refractivity (Wildman–Crippen MR) is 101 cm³/mol. The molecule has 0 saturated carbocycles. The molecule has 6 nitrogen and oxygen atoms in total. The van der Waals surface area contributed by atoms with Gasteiger partial charge in [-0.15, -0.1) is 0 Å². The second-order valence-electron chi connectivity index (χ2n) is 5.80. The van der Waals surface area contributed by atoms with Crippen LogP contribution in [0.3, 0.4) is 0 Å². The number of nitrogens with one attached hydrogen (secondary N) is 1. The van der Waals surface area contributed by atoms with E-state index in [1.807, 2.05) is 43.3 Å². The number of halogens is 1. The predicted octanol–water partition coefficient (Wildman–Crippen LogP) is 4.03. The van der Waals surface area contributed by atoms with Gasteiger partial charge in [0.2, 0.25) is 0 Å². The Labute approximate surface area is 154 Å². The maximum absolute atomic E-state index is 12.7. The van der Waals surface area contributed by atoms with Gasteiger partial charge in [-0.3, -0.25) is 9.78 Å². The molecule has 0 saturated heterocycles. The molecule has 26 heavy (non-hydrogen) atoms. The van der Waals surface area contributed by atoms with E-state index in [2.05, 4.69) is 20.4 Å². The Morgan fingerprint density at radius 3 is 2.65 bits per heavy atom. The van der Waals surface area contributed by atoms with Crippen LogP contribution in [0.25, 0.3) is 16.6 Å². The van der Waals surface area contributed by atoms with Crippen LogP contribution < -0.4 is 5.32 Å². The van der Waals surface area contributed by atoms with Gasteiger partial charge in [-0.05, 0) is 55.5 Å². The number of benzene rings is 2. The summed E-state index contributed by atoms with van der Waals surface area (Å²) in [7, 11) is 0. The molecule has 128 valence electrons. The van der Waals surface area contributed by atoms with E-state index in [4.69, 9.17) is 11.6 Å². The van der Waals surface area contributed by atoms with E-state index in [1.54, 1.807) is 23.1 Å². The van der Waals surface area contributed by atoms with Crippen molar-refractivity contribution >= 4 is 34.1 Å². The van der Waals surface area contributed by atoms with Crippen LogP contribution >= 0.6 is 11.6 Å². The second kappa shape index (κ2) is 6.57. The summed E-state index contributed by atoms with van der Waals surface area (Å²) < 4.78 is 1.65. The molecule has 0 aliphatic carbocycles. The highest BCUT2D eigenvalue weighted by Crippen LogP contribution is 2.22. The Kier molecular flexibility index (Phi) is 4.10. The number of hydrogen-bond donors (Lipinski definition) is 1. The van der Waals surface area contributed by atoms with Gasteiger partial charge in [0, 0.05) is 16.1 Å².